The van der Waals surface area contributed by atoms with Gasteiger partial charge in [-0.05, 0) is 5.56 Å². The monoisotopic (exact) mass is 326 g/mol. The molecule has 0 radical (unpaired) electrons. The van der Waals surface area contributed by atoms with Crippen molar-refractivity contribution in [3.05, 3.63) is 35.9 Å². The number of aldehydes is 1. The molecule has 1 aromatic rings. The van der Waals surface area contributed by atoms with E-state index in [1.165, 1.54) is 12.1 Å². The van der Waals surface area contributed by atoms with Crippen LogP contribution >= 0.6 is 0 Å². The summed E-state index contributed by atoms with van der Waals surface area (Å²) in [5, 5.41) is 2.15. The van der Waals surface area contributed by atoms with Crippen molar-refractivity contribution in [3.63, 3.8) is 0 Å². The predicted octanol–water partition coefficient (Wildman–Crippen LogP) is 0.333. The van der Waals surface area contributed by atoms with E-state index in [0.717, 1.165) is 6.26 Å². The lowest BCUT2D eigenvalue weighted by Crippen LogP contribution is -2.45. The lowest BCUT2D eigenvalue weighted by atomic mass is 10.1. The lowest BCUT2D eigenvalue weighted by Gasteiger charge is -2.19. The van der Waals surface area contributed by atoms with E-state index in [1.54, 1.807) is 18.2 Å². The number of urea groups is 2. The van der Waals surface area contributed by atoms with E-state index < -0.39 is 28.1 Å². The van der Waals surface area contributed by atoms with E-state index in [9.17, 15) is 22.8 Å². The minimum Gasteiger partial charge on any atom is -0.324 e. The van der Waals surface area contributed by atoms with Gasteiger partial charge in [0.15, 0.2) is 0 Å². The normalized spacial score (nSPS) is 18.6. The topological polar surface area (TPSA) is 104 Å². The van der Waals surface area contributed by atoms with Crippen LogP contribution in [0.25, 0.3) is 0 Å². The highest BCUT2D eigenvalue weighted by atomic mass is 32.2. The molecule has 0 bridgehead atoms. The molecule has 2 rings (SSSR count). The first kappa shape index (κ1) is 14.5. The van der Waals surface area contributed by atoms with Crippen LogP contribution in [0.3, 0.4) is 0 Å². The van der Waals surface area contributed by atoms with E-state index in [4.69, 9.17) is 1.37 Å². The fourth-order valence-corrected chi connectivity index (χ4v) is 2.78. The minimum atomic E-state index is -3.77. The molecule has 1 aliphatic rings. The molecule has 0 saturated carbocycles. The maximum absolute atomic E-state index is 12.2. The van der Waals surface area contributed by atoms with Crippen LogP contribution in [-0.4, -0.2) is 55.3 Å². The second-order valence-electron chi connectivity index (χ2n) is 4.60. The van der Waals surface area contributed by atoms with Gasteiger partial charge in [0.25, 0.3) is 0 Å². The zero-order valence-electron chi connectivity index (χ0n) is 12.7. The van der Waals surface area contributed by atoms with Crippen LogP contribution in [0.1, 0.15) is 13.0 Å². The van der Waals surface area contributed by atoms with Crippen LogP contribution in [0.4, 0.5) is 9.59 Å². The number of imide groups is 1. The Kier molecular flexibility index (Phi) is 4.05. The van der Waals surface area contributed by atoms with Gasteiger partial charge in [0, 0.05) is 0 Å². The number of carbonyl (C=O) groups excluding carboxylic acids is 3. The molecule has 1 atom stereocenters. The maximum Gasteiger partial charge on any atom is 0.341 e. The van der Waals surface area contributed by atoms with Gasteiger partial charge in [-0.1, -0.05) is 30.3 Å². The summed E-state index contributed by atoms with van der Waals surface area (Å²) in [6.07, 6.45) is 1.09. The summed E-state index contributed by atoms with van der Waals surface area (Å²) >= 11 is 0. The van der Waals surface area contributed by atoms with Crippen LogP contribution in [-0.2, 0) is 14.8 Å². The number of nitrogens with zero attached hydrogens (tertiary/aromatic N) is 2. The van der Waals surface area contributed by atoms with Crippen molar-refractivity contribution in [1.82, 2.24) is 14.5 Å². The van der Waals surface area contributed by atoms with Gasteiger partial charge in [-0.3, -0.25) is 0 Å². The second kappa shape index (κ2) is 6.14. The van der Waals surface area contributed by atoms with Gasteiger partial charge >= 0.3 is 12.1 Å². The smallest absolute Gasteiger partial charge is 0.324 e. The van der Waals surface area contributed by atoms with Crippen LogP contribution in [0.2, 0.25) is 0 Å². The quantitative estimate of drug-likeness (QED) is 0.803. The number of amides is 4. The fraction of sp³-hybridized carbons (Fsp3) is 0.308. The first-order chi connectivity index (χ1) is 10.7. The third kappa shape index (κ3) is 3.25. The van der Waals surface area contributed by atoms with Crippen LogP contribution in [0.15, 0.2) is 30.3 Å². The number of sulfonamides is 1. The van der Waals surface area contributed by atoms with Crippen molar-refractivity contribution >= 4 is 28.4 Å². The number of carbonyl (C=O) groups is 3. The first-order valence-electron chi connectivity index (χ1n) is 6.82. The number of hydrogen-bond donors (Lipinski definition) is 1. The molecule has 0 spiro atoms. The fourth-order valence-electron chi connectivity index (χ4n) is 1.98. The number of benzene rings is 1. The molecule has 1 unspecified atom stereocenters. The van der Waals surface area contributed by atoms with E-state index in [0.29, 0.717) is 9.21 Å². The summed E-state index contributed by atoms with van der Waals surface area (Å²) in [6, 6.07) is 3.76. The highest BCUT2D eigenvalue weighted by molar-refractivity contribution is 7.88. The summed E-state index contributed by atoms with van der Waals surface area (Å²) < 4.78 is 31.5. The van der Waals surface area contributed by atoms with Gasteiger partial charge in [0.05, 0.1) is 20.7 Å². The summed E-state index contributed by atoms with van der Waals surface area (Å²) in [5.41, 5.74) is 0.218. The maximum atomic E-state index is 12.2. The van der Waals surface area contributed by atoms with Crippen molar-refractivity contribution in [1.29, 1.82) is 0 Å². The van der Waals surface area contributed by atoms with Gasteiger partial charge in [-0.2, -0.15) is 0 Å². The Morgan fingerprint density at radius 3 is 2.50 bits per heavy atom. The molecule has 0 aliphatic carbocycles. The molecular formula is C13H15N3O5S. The Labute approximate surface area is 129 Å². The van der Waals surface area contributed by atoms with E-state index in [2.05, 4.69) is 5.32 Å². The van der Waals surface area contributed by atoms with E-state index >= 15 is 0 Å². The number of hydrogen-bond acceptors (Lipinski definition) is 5. The van der Waals surface area contributed by atoms with E-state index in [-0.39, 0.29) is 24.9 Å². The molecule has 4 amide bonds. The summed E-state index contributed by atoms with van der Waals surface area (Å²) in [4.78, 5) is 36.1. The van der Waals surface area contributed by atoms with Crippen molar-refractivity contribution < 1.29 is 24.2 Å². The standard InChI is InChI=1S/C13H15N3O5S/c1-22(20,21)16-8-7-15(13(16)19)12(18)14-11(9-17)10-5-3-2-4-6-10/h2-6,9,11H,7-8H2,1H3,(H,14,18)/i11D. The van der Waals surface area contributed by atoms with Gasteiger partial charge in [0.1, 0.15) is 12.3 Å². The number of nitrogens with one attached hydrogen (secondary N) is 1. The van der Waals surface area contributed by atoms with Crippen molar-refractivity contribution in [2.24, 2.45) is 0 Å². The Bertz CT molecular complexity index is 739. The van der Waals surface area contributed by atoms with Gasteiger partial charge in [-0.25, -0.2) is 27.2 Å². The average molecular weight is 326 g/mol. The van der Waals surface area contributed by atoms with Gasteiger partial charge < -0.3 is 10.1 Å². The largest absolute Gasteiger partial charge is 0.341 e. The molecule has 118 valence electrons. The highest BCUT2D eigenvalue weighted by Crippen LogP contribution is 2.15. The molecule has 1 N–H and O–H groups in total. The Hall–Kier alpha value is -2.42. The molecule has 1 fully saturated rings. The third-order valence-corrected chi connectivity index (χ3v) is 4.20. The van der Waals surface area contributed by atoms with Crippen LogP contribution in [0, 0.1) is 0 Å². The van der Waals surface area contributed by atoms with Gasteiger partial charge in [-0.15, -0.1) is 0 Å². The van der Waals surface area contributed by atoms with E-state index in [1.807, 2.05) is 0 Å². The Morgan fingerprint density at radius 1 is 1.36 bits per heavy atom. The molecule has 9 heteroatoms. The molecule has 8 nitrogen and oxygen atoms in total. The molecule has 1 aromatic carbocycles. The first-order valence-corrected chi connectivity index (χ1v) is 8.17. The second-order valence-corrected chi connectivity index (χ2v) is 6.50. The average Bonchev–Trinajstić information content (AvgIpc) is 2.90. The minimum absolute atomic E-state index is 0.151. The SMILES string of the molecule is [2H]C(C=O)(NC(=O)N1CCN(S(C)(=O)=O)C1=O)c1ccccc1. The van der Waals surface area contributed by atoms with Crippen molar-refractivity contribution in [2.45, 2.75) is 6.02 Å². The van der Waals surface area contributed by atoms with Gasteiger partial charge in [0.2, 0.25) is 10.0 Å². The zero-order chi connectivity index (χ0) is 17.3. The molecule has 1 saturated heterocycles. The molecule has 0 aromatic heterocycles. The summed E-state index contributed by atoms with van der Waals surface area (Å²) in [6.45, 7) is -0.315. The Morgan fingerprint density at radius 2 is 2.00 bits per heavy atom. The molecular weight excluding hydrogens is 310 g/mol. The lowest BCUT2D eigenvalue weighted by molar-refractivity contribution is -0.109. The van der Waals surface area contributed by atoms with Crippen LogP contribution in [0.5, 0.6) is 0 Å². The summed E-state index contributed by atoms with van der Waals surface area (Å²) in [7, 11) is -3.77. The molecule has 22 heavy (non-hydrogen) atoms. The summed E-state index contributed by atoms with van der Waals surface area (Å²) in [5.74, 6) is 0. The van der Waals surface area contributed by atoms with Crippen LogP contribution < -0.4 is 5.32 Å². The predicted molar refractivity (Wildman–Crippen MR) is 77.4 cm³/mol. The third-order valence-electron chi connectivity index (χ3n) is 3.06. The number of rotatable bonds is 4. The van der Waals surface area contributed by atoms with Crippen molar-refractivity contribution in [2.75, 3.05) is 19.3 Å². The van der Waals surface area contributed by atoms with Crippen molar-refractivity contribution in [3.8, 4) is 0 Å². The zero-order valence-corrected chi connectivity index (χ0v) is 12.5. The highest BCUT2D eigenvalue weighted by Gasteiger charge is 2.38. The Balaban J connectivity index is 2.19. The molecule has 1 heterocycles. The molecule has 1 aliphatic heterocycles.